The van der Waals surface area contributed by atoms with Crippen LogP contribution >= 0.6 is 0 Å². The van der Waals surface area contributed by atoms with Gasteiger partial charge < -0.3 is 20.6 Å². The zero-order valence-electron chi connectivity index (χ0n) is 17.2. The fraction of sp³-hybridized carbons (Fsp3) is 0.591. The molecule has 3 N–H and O–H groups in total. The van der Waals surface area contributed by atoms with Gasteiger partial charge in [-0.3, -0.25) is 14.4 Å². The molecule has 2 aliphatic rings. The lowest BCUT2D eigenvalue weighted by Gasteiger charge is -2.34. The van der Waals surface area contributed by atoms with Crippen LogP contribution in [0.1, 0.15) is 44.6 Å². The second-order valence-corrected chi connectivity index (χ2v) is 8.49. The van der Waals surface area contributed by atoms with Crippen LogP contribution in [-0.4, -0.2) is 60.0 Å². The molecule has 1 unspecified atom stereocenters. The number of nitrogens with one attached hydrogen (secondary N) is 2. The SMILES string of the molecule is CC(=O)N[C@H]1CC[C@](CNC(=O)C2CC(=O)N(C)C2)(c2ccccc2)CC[C@@H]1O. The molecule has 0 radical (unpaired) electrons. The Kier molecular flexibility index (Phi) is 6.57. The lowest BCUT2D eigenvalue weighted by Crippen LogP contribution is -2.43. The van der Waals surface area contributed by atoms with Crippen LogP contribution in [0.25, 0.3) is 0 Å². The van der Waals surface area contributed by atoms with E-state index in [1.54, 1.807) is 11.9 Å². The van der Waals surface area contributed by atoms with E-state index in [2.05, 4.69) is 22.8 Å². The number of benzene rings is 1. The van der Waals surface area contributed by atoms with Gasteiger partial charge in [0.2, 0.25) is 17.7 Å². The van der Waals surface area contributed by atoms with Crippen LogP contribution in [0, 0.1) is 5.92 Å². The van der Waals surface area contributed by atoms with Gasteiger partial charge in [-0.05, 0) is 31.2 Å². The molecule has 7 nitrogen and oxygen atoms in total. The Morgan fingerprint density at radius 1 is 1.21 bits per heavy atom. The fourth-order valence-electron chi connectivity index (χ4n) is 4.60. The molecule has 1 aliphatic carbocycles. The summed E-state index contributed by atoms with van der Waals surface area (Å²) in [5.41, 5.74) is 0.801. The predicted molar refractivity (Wildman–Crippen MR) is 109 cm³/mol. The summed E-state index contributed by atoms with van der Waals surface area (Å²) in [4.78, 5) is 37.6. The van der Waals surface area contributed by atoms with Crippen molar-refractivity contribution < 1.29 is 19.5 Å². The summed E-state index contributed by atoms with van der Waals surface area (Å²) in [6.07, 6.45) is 2.27. The first kappa shape index (κ1) is 21.3. The number of amides is 3. The molecule has 29 heavy (non-hydrogen) atoms. The molecule has 158 valence electrons. The minimum atomic E-state index is -0.610. The van der Waals surface area contributed by atoms with Gasteiger partial charge in [-0.15, -0.1) is 0 Å². The van der Waals surface area contributed by atoms with Crippen molar-refractivity contribution in [1.82, 2.24) is 15.5 Å². The van der Waals surface area contributed by atoms with Crippen molar-refractivity contribution in [3.05, 3.63) is 35.9 Å². The van der Waals surface area contributed by atoms with E-state index < -0.39 is 6.10 Å². The first-order valence-corrected chi connectivity index (χ1v) is 10.3. The van der Waals surface area contributed by atoms with Gasteiger partial charge in [-0.1, -0.05) is 30.3 Å². The zero-order chi connectivity index (χ0) is 21.0. The Morgan fingerprint density at radius 2 is 1.90 bits per heavy atom. The van der Waals surface area contributed by atoms with Crippen LogP contribution in [0.5, 0.6) is 0 Å². The molecule has 0 bridgehead atoms. The van der Waals surface area contributed by atoms with Crippen LogP contribution in [0.15, 0.2) is 30.3 Å². The number of rotatable bonds is 5. The number of carbonyl (C=O) groups excluding carboxylic acids is 3. The maximum absolute atomic E-state index is 12.7. The van der Waals surface area contributed by atoms with Crippen molar-refractivity contribution in [3.63, 3.8) is 0 Å². The van der Waals surface area contributed by atoms with Gasteiger partial charge in [-0.25, -0.2) is 0 Å². The molecule has 3 amide bonds. The number of carbonyl (C=O) groups is 3. The van der Waals surface area contributed by atoms with E-state index in [-0.39, 0.29) is 41.5 Å². The Bertz CT molecular complexity index is 754. The number of hydrogen-bond donors (Lipinski definition) is 3. The van der Waals surface area contributed by atoms with Gasteiger partial charge in [0.25, 0.3) is 0 Å². The highest BCUT2D eigenvalue weighted by Gasteiger charge is 2.39. The van der Waals surface area contributed by atoms with Gasteiger partial charge in [0.05, 0.1) is 18.1 Å². The number of hydrogen-bond acceptors (Lipinski definition) is 4. The highest BCUT2D eigenvalue weighted by Crippen LogP contribution is 2.38. The van der Waals surface area contributed by atoms with Crippen LogP contribution < -0.4 is 10.6 Å². The summed E-state index contributed by atoms with van der Waals surface area (Å²) in [5.74, 6) is -0.562. The van der Waals surface area contributed by atoms with Gasteiger partial charge >= 0.3 is 0 Å². The molecule has 4 atom stereocenters. The molecule has 1 saturated carbocycles. The average molecular weight is 402 g/mol. The molecule has 3 rings (SSSR count). The van der Waals surface area contributed by atoms with Gasteiger partial charge in [0.15, 0.2) is 0 Å². The second-order valence-electron chi connectivity index (χ2n) is 8.49. The van der Waals surface area contributed by atoms with Crippen molar-refractivity contribution in [1.29, 1.82) is 0 Å². The average Bonchev–Trinajstić information content (AvgIpc) is 2.96. The largest absolute Gasteiger partial charge is 0.391 e. The molecule has 1 saturated heterocycles. The van der Waals surface area contributed by atoms with Crippen molar-refractivity contribution in [2.24, 2.45) is 5.92 Å². The van der Waals surface area contributed by atoms with Crippen molar-refractivity contribution in [3.8, 4) is 0 Å². The minimum absolute atomic E-state index is 0.00124. The van der Waals surface area contributed by atoms with Crippen LogP contribution in [0.4, 0.5) is 0 Å². The Morgan fingerprint density at radius 3 is 2.52 bits per heavy atom. The van der Waals surface area contributed by atoms with Crippen LogP contribution in [-0.2, 0) is 19.8 Å². The first-order chi connectivity index (χ1) is 13.8. The minimum Gasteiger partial charge on any atom is -0.391 e. The zero-order valence-corrected chi connectivity index (χ0v) is 17.2. The molecular weight excluding hydrogens is 370 g/mol. The molecule has 1 aromatic rings. The van der Waals surface area contributed by atoms with E-state index in [4.69, 9.17) is 0 Å². The summed E-state index contributed by atoms with van der Waals surface area (Å²) < 4.78 is 0. The maximum atomic E-state index is 12.7. The third kappa shape index (κ3) is 4.96. The third-order valence-electron chi connectivity index (χ3n) is 6.40. The fourth-order valence-corrected chi connectivity index (χ4v) is 4.60. The molecule has 2 fully saturated rings. The molecular formula is C22H31N3O4. The number of aliphatic hydroxyl groups excluding tert-OH is 1. The highest BCUT2D eigenvalue weighted by molar-refractivity contribution is 5.89. The van der Waals surface area contributed by atoms with Crippen molar-refractivity contribution in [2.45, 2.75) is 56.6 Å². The topological polar surface area (TPSA) is 98.7 Å². The number of likely N-dealkylation sites (tertiary alicyclic amines) is 1. The maximum Gasteiger partial charge on any atom is 0.225 e. The van der Waals surface area contributed by atoms with E-state index >= 15 is 0 Å². The normalized spacial score (nSPS) is 30.0. The summed E-state index contributed by atoms with van der Waals surface area (Å²) in [6.45, 7) is 2.36. The Balaban J connectivity index is 1.76. The number of aliphatic hydroxyl groups is 1. The predicted octanol–water partition coefficient (Wildman–Crippen LogP) is 0.959. The summed E-state index contributed by atoms with van der Waals surface area (Å²) in [7, 11) is 1.72. The summed E-state index contributed by atoms with van der Waals surface area (Å²) >= 11 is 0. The summed E-state index contributed by atoms with van der Waals surface area (Å²) in [6, 6.07) is 9.76. The lowest BCUT2D eigenvalue weighted by atomic mass is 9.74. The van der Waals surface area contributed by atoms with Crippen molar-refractivity contribution >= 4 is 17.7 Å². The second kappa shape index (κ2) is 8.95. The van der Waals surface area contributed by atoms with E-state index in [9.17, 15) is 19.5 Å². The van der Waals surface area contributed by atoms with E-state index in [0.29, 0.717) is 32.4 Å². The molecule has 7 heteroatoms. The van der Waals surface area contributed by atoms with Gasteiger partial charge in [0, 0.05) is 38.9 Å². The molecule has 0 spiro atoms. The quantitative estimate of drug-likeness (QED) is 0.640. The Labute approximate surface area is 171 Å². The van der Waals surface area contributed by atoms with Gasteiger partial charge in [0.1, 0.15) is 0 Å². The molecule has 1 aromatic carbocycles. The Hall–Kier alpha value is -2.41. The smallest absolute Gasteiger partial charge is 0.225 e. The monoisotopic (exact) mass is 401 g/mol. The standard InChI is InChI=1S/C22H31N3O4/c1-15(26)24-18-8-10-22(11-9-19(18)27,17-6-4-3-5-7-17)14-23-21(29)16-12-20(28)25(2)13-16/h3-7,16,18-19,27H,8-14H2,1-2H3,(H,23,29)(H,24,26)/t16?,18-,19-,22-/m0/s1. The van der Waals surface area contributed by atoms with E-state index in [0.717, 1.165) is 12.0 Å². The molecule has 1 heterocycles. The highest BCUT2D eigenvalue weighted by atomic mass is 16.3. The third-order valence-corrected chi connectivity index (χ3v) is 6.40. The van der Waals surface area contributed by atoms with Crippen molar-refractivity contribution in [2.75, 3.05) is 20.1 Å². The number of nitrogens with zero attached hydrogens (tertiary/aromatic N) is 1. The van der Waals surface area contributed by atoms with Crippen LogP contribution in [0.3, 0.4) is 0 Å². The van der Waals surface area contributed by atoms with Crippen LogP contribution in [0.2, 0.25) is 0 Å². The summed E-state index contributed by atoms with van der Waals surface area (Å²) in [5, 5.41) is 16.5. The lowest BCUT2D eigenvalue weighted by molar-refractivity contribution is -0.128. The van der Waals surface area contributed by atoms with E-state index in [1.807, 2.05) is 18.2 Å². The van der Waals surface area contributed by atoms with E-state index in [1.165, 1.54) is 6.92 Å². The first-order valence-electron chi connectivity index (χ1n) is 10.3. The molecule has 0 aromatic heterocycles. The van der Waals surface area contributed by atoms with Gasteiger partial charge in [-0.2, -0.15) is 0 Å². The molecule has 1 aliphatic heterocycles.